The Morgan fingerprint density at radius 2 is 2.09 bits per heavy atom. The minimum atomic E-state index is -3.53. The second-order valence-electron chi connectivity index (χ2n) is 5.24. The Kier molecular flexibility index (Phi) is 5.59. The number of carbonyl (C=O) groups is 1. The number of benzene rings is 1. The predicted octanol–water partition coefficient (Wildman–Crippen LogP) is 2.29. The minimum Gasteiger partial charge on any atom is -0.361 e. The Morgan fingerprint density at radius 3 is 2.70 bits per heavy atom. The Balaban J connectivity index is 1.93. The molecule has 2 rings (SSSR count). The van der Waals surface area contributed by atoms with Crippen LogP contribution in [0.25, 0.3) is 0 Å². The highest BCUT2D eigenvalue weighted by molar-refractivity contribution is 9.10. The first-order chi connectivity index (χ1) is 10.8. The summed E-state index contributed by atoms with van der Waals surface area (Å²) in [5, 5.41) is 6.38. The van der Waals surface area contributed by atoms with Crippen LogP contribution in [0, 0.1) is 13.8 Å². The van der Waals surface area contributed by atoms with Crippen LogP contribution in [0.2, 0.25) is 0 Å². The van der Waals surface area contributed by atoms with E-state index in [-0.39, 0.29) is 12.3 Å². The maximum atomic E-state index is 12.1. The molecule has 1 aromatic heterocycles. The van der Waals surface area contributed by atoms with Gasteiger partial charge in [0.25, 0.3) is 0 Å². The first-order valence-electron chi connectivity index (χ1n) is 6.90. The summed E-state index contributed by atoms with van der Waals surface area (Å²) in [6.07, 6.45) is 0. The van der Waals surface area contributed by atoms with E-state index in [0.29, 0.717) is 17.0 Å². The van der Waals surface area contributed by atoms with Gasteiger partial charge < -0.3 is 9.84 Å². The van der Waals surface area contributed by atoms with E-state index in [2.05, 4.69) is 26.4 Å². The van der Waals surface area contributed by atoms with Crippen molar-refractivity contribution in [2.24, 2.45) is 0 Å². The van der Waals surface area contributed by atoms with E-state index in [4.69, 9.17) is 4.52 Å². The average molecular weight is 401 g/mol. The summed E-state index contributed by atoms with van der Waals surface area (Å²) in [5.74, 6) is -0.659. The van der Waals surface area contributed by atoms with Gasteiger partial charge in [-0.3, -0.25) is 4.79 Å². The maximum Gasteiger partial charge on any atom is 0.235 e. The molecule has 0 aliphatic heterocycles. The van der Waals surface area contributed by atoms with Crippen LogP contribution < -0.4 is 5.32 Å². The number of nitrogens with one attached hydrogen (secondary N) is 1. The van der Waals surface area contributed by atoms with Gasteiger partial charge in [-0.05, 0) is 31.5 Å². The van der Waals surface area contributed by atoms with E-state index < -0.39 is 21.5 Å². The van der Waals surface area contributed by atoms with Gasteiger partial charge in [0.15, 0.2) is 9.84 Å². The van der Waals surface area contributed by atoms with Gasteiger partial charge in [0.1, 0.15) is 11.5 Å². The molecular formula is C15H17BrN2O4S. The number of carbonyl (C=O) groups excluding carboxylic acids is 1. The lowest BCUT2D eigenvalue weighted by molar-refractivity contribution is -0.118. The van der Waals surface area contributed by atoms with Crippen LogP contribution in [-0.2, 0) is 26.9 Å². The summed E-state index contributed by atoms with van der Waals surface area (Å²) in [6, 6.07) is 7.00. The van der Waals surface area contributed by atoms with Crippen molar-refractivity contribution in [2.45, 2.75) is 26.1 Å². The van der Waals surface area contributed by atoms with Gasteiger partial charge in [-0.2, -0.15) is 0 Å². The van der Waals surface area contributed by atoms with E-state index in [1.165, 1.54) is 0 Å². The van der Waals surface area contributed by atoms with Crippen LogP contribution >= 0.6 is 15.9 Å². The fourth-order valence-corrected chi connectivity index (χ4v) is 3.86. The molecule has 1 aromatic carbocycles. The molecular weight excluding hydrogens is 384 g/mol. The molecule has 1 heterocycles. The number of hydrogen-bond donors (Lipinski definition) is 1. The standard InChI is InChI=1S/C15H17BrN2O4S/c1-10-14(11(2)22-18-10)7-17-15(19)9-23(20,21)8-12-4-3-5-13(16)6-12/h3-6H,7-9H2,1-2H3,(H,17,19). The van der Waals surface area contributed by atoms with Crippen molar-refractivity contribution < 1.29 is 17.7 Å². The van der Waals surface area contributed by atoms with Crippen LogP contribution in [0.5, 0.6) is 0 Å². The lowest BCUT2D eigenvalue weighted by atomic mass is 10.2. The summed E-state index contributed by atoms with van der Waals surface area (Å²) in [6.45, 7) is 3.71. The molecule has 1 amide bonds. The zero-order valence-corrected chi connectivity index (χ0v) is 15.2. The summed E-state index contributed by atoms with van der Waals surface area (Å²) >= 11 is 3.29. The SMILES string of the molecule is Cc1noc(C)c1CNC(=O)CS(=O)(=O)Cc1cccc(Br)c1. The summed E-state index contributed by atoms with van der Waals surface area (Å²) in [4.78, 5) is 11.9. The number of aromatic nitrogens is 1. The molecule has 0 atom stereocenters. The third kappa shape index (κ3) is 5.18. The largest absolute Gasteiger partial charge is 0.361 e. The molecule has 2 aromatic rings. The number of sulfone groups is 1. The Hall–Kier alpha value is -1.67. The molecule has 0 saturated heterocycles. The van der Waals surface area contributed by atoms with Crippen LogP contribution in [0.3, 0.4) is 0 Å². The van der Waals surface area contributed by atoms with Gasteiger partial charge in [0, 0.05) is 16.6 Å². The fraction of sp³-hybridized carbons (Fsp3) is 0.333. The normalized spacial score (nSPS) is 11.4. The van der Waals surface area contributed by atoms with Gasteiger partial charge in [-0.15, -0.1) is 0 Å². The van der Waals surface area contributed by atoms with Crippen LogP contribution in [0.1, 0.15) is 22.6 Å². The molecule has 0 spiro atoms. The Labute approximate surface area is 143 Å². The summed E-state index contributed by atoms with van der Waals surface area (Å²) in [7, 11) is -3.53. The van der Waals surface area contributed by atoms with Crippen molar-refractivity contribution in [3.63, 3.8) is 0 Å². The quantitative estimate of drug-likeness (QED) is 0.802. The van der Waals surface area contributed by atoms with Gasteiger partial charge >= 0.3 is 0 Å². The van der Waals surface area contributed by atoms with E-state index in [0.717, 1.165) is 10.0 Å². The van der Waals surface area contributed by atoms with Gasteiger partial charge in [0.05, 0.1) is 11.4 Å². The highest BCUT2D eigenvalue weighted by Crippen LogP contribution is 2.15. The summed E-state index contributed by atoms with van der Waals surface area (Å²) in [5.41, 5.74) is 2.08. The molecule has 8 heteroatoms. The Bertz CT molecular complexity index is 795. The molecule has 0 aliphatic carbocycles. The number of amides is 1. The van der Waals surface area contributed by atoms with E-state index >= 15 is 0 Å². The average Bonchev–Trinajstić information content (AvgIpc) is 2.74. The fourth-order valence-electron chi connectivity index (χ4n) is 2.12. The molecule has 0 fully saturated rings. The lowest BCUT2D eigenvalue weighted by Gasteiger charge is -2.07. The zero-order valence-electron chi connectivity index (χ0n) is 12.8. The molecule has 0 saturated carbocycles. The van der Waals surface area contributed by atoms with Crippen molar-refractivity contribution in [3.05, 3.63) is 51.3 Å². The molecule has 124 valence electrons. The van der Waals surface area contributed by atoms with Crippen molar-refractivity contribution >= 4 is 31.7 Å². The maximum absolute atomic E-state index is 12.1. The zero-order chi connectivity index (χ0) is 17.0. The number of hydrogen-bond acceptors (Lipinski definition) is 5. The third-order valence-electron chi connectivity index (χ3n) is 3.27. The van der Waals surface area contributed by atoms with E-state index in [1.54, 1.807) is 32.0 Å². The monoisotopic (exact) mass is 400 g/mol. The topological polar surface area (TPSA) is 89.3 Å². The molecule has 0 aliphatic rings. The van der Waals surface area contributed by atoms with Gasteiger partial charge in [-0.25, -0.2) is 8.42 Å². The highest BCUT2D eigenvalue weighted by Gasteiger charge is 2.18. The molecule has 0 bridgehead atoms. The minimum absolute atomic E-state index is 0.175. The second kappa shape index (κ2) is 7.27. The highest BCUT2D eigenvalue weighted by atomic mass is 79.9. The molecule has 0 unspecified atom stereocenters. The smallest absolute Gasteiger partial charge is 0.235 e. The van der Waals surface area contributed by atoms with Crippen molar-refractivity contribution in [1.29, 1.82) is 0 Å². The molecule has 6 nitrogen and oxygen atoms in total. The van der Waals surface area contributed by atoms with Crippen molar-refractivity contribution in [2.75, 3.05) is 5.75 Å². The van der Waals surface area contributed by atoms with Crippen molar-refractivity contribution in [1.82, 2.24) is 10.5 Å². The van der Waals surface area contributed by atoms with Crippen LogP contribution in [-0.4, -0.2) is 25.2 Å². The van der Waals surface area contributed by atoms with E-state index in [1.807, 2.05) is 6.07 Å². The molecule has 0 radical (unpaired) electrons. The van der Waals surface area contributed by atoms with Crippen molar-refractivity contribution in [3.8, 4) is 0 Å². The van der Waals surface area contributed by atoms with Gasteiger partial charge in [-0.1, -0.05) is 33.2 Å². The van der Waals surface area contributed by atoms with Crippen LogP contribution in [0.15, 0.2) is 33.3 Å². The molecule has 23 heavy (non-hydrogen) atoms. The lowest BCUT2D eigenvalue weighted by Crippen LogP contribution is -2.30. The third-order valence-corrected chi connectivity index (χ3v) is 5.24. The van der Waals surface area contributed by atoms with Crippen LogP contribution in [0.4, 0.5) is 0 Å². The second-order valence-corrected chi connectivity index (χ2v) is 8.22. The van der Waals surface area contributed by atoms with Gasteiger partial charge in [0.2, 0.25) is 5.91 Å². The predicted molar refractivity (Wildman–Crippen MR) is 89.5 cm³/mol. The summed E-state index contributed by atoms with van der Waals surface area (Å²) < 4.78 is 30.0. The van der Waals surface area contributed by atoms with E-state index in [9.17, 15) is 13.2 Å². The molecule has 1 N–H and O–H groups in total. The number of aryl methyl sites for hydroxylation is 2. The number of nitrogens with zero attached hydrogens (tertiary/aromatic N) is 1. The first kappa shape index (κ1) is 17.7. The Morgan fingerprint density at radius 1 is 1.35 bits per heavy atom. The number of halogens is 1. The first-order valence-corrected chi connectivity index (χ1v) is 9.51. The number of rotatable bonds is 6.